The number of hydrogen-bond donors (Lipinski definition) is 2. The summed E-state index contributed by atoms with van der Waals surface area (Å²) in [4.78, 5) is 10.9. The van der Waals surface area contributed by atoms with Gasteiger partial charge in [-0.3, -0.25) is 4.79 Å². The second-order valence-electron chi connectivity index (χ2n) is 5.22. The van der Waals surface area contributed by atoms with Crippen LogP contribution in [0.25, 0.3) is 0 Å². The van der Waals surface area contributed by atoms with E-state index in [1.54, 1.807) is 6.07 Å². The highest BCUT2D eigenvalue weighted by molar-refractivity contribution is 6.32. The van der Waals surface area contributed by atoms with Crippen LogP contribution in [-0.2, 0) is 4.79 Å². The highest BCUT2D eigenvalue weighted by Gasteiger charge is 2.46. The maximum atomic E-state index is 10.9. The van der Waals surface area contributed by atoms with E-state index < -0.39 is 12.0 Å². The smallest absolute Gasteiger partial charge is 0.325 e. The number of carboxylic acids is 1. The summed E-state index contributed by atoms with van der Waals surface area (Å²) >= 11 is 6.13. The second kappa shape index (κ2) is 4.28. The molecule has 0 radical (unpaired) electrons. The zero-order valence-electron chi connectivity index (χ0n) is 10.2. The SMILES string of the molecule is NC(C(=O)O)c1cc(Cl)c2c(c1)OCC1(CC1)CO2. The summed E-state index contributed by atoms with van der Waals surface area (Å²) in [5, 5.41) is 9.27. The van der Waals surface area contributed by atoms with Crippen LogP contribution in [0.2, 0.25) is 5.02 Å². The highest BCUT2D eigenvalue weighted by Crippen LogP contribution is 2.50. The topological polar surface area (TPSA) is 81.8 Å². The van der Waals surface area contributed by atoms with Gasteiger partial charge in [-0.15, -0.1) is 0 Å². The zero-order valence-corrected chi connectivity index (χ0v) is 10.9. The third-order valence-electron chi connectivity index (χ3n) is 3.67. The Hall–Kier alpha value is -1.46. The molecule has 0 amide bonds. The first-order valence-electron chi connectivity index (χ1n) is 6.08. The summed E-state index contributed by atoms with van der Waals surface area (Å²) in [6.45, 7) is 1.16. The van der Waals surface area contributed by atoms with Crippen molar-refractivity contribution in [1.82, 2.24) is 0 Å². The van der Waals surface area contributed by atoms with E-state index in [1.165, 1.54) is 6.07 Å². The molecule has 1 aliphatic carbocycles. The Morgan fingerprint density at radius 1 is 1.37 bits per heavy atom. The number of halogens is 1. The molecule has 19 heavy (non-hydrogen) atoms. The number of benzene rings is 1. The molecule has 0 aromatic heterocycles. The molecule has 102 valence electrons. The standard InChI is InChI=1S/C13H14ClNO4/c14-8-3-7(10(15)12(16)17)4-9-11(8)19-6-13(1-2-13)5-18-9/h3-4,10H,1-2,5-6,15H2,(H,16,17). The molecule has 3 N–H and O–H groups in total. The van der Waals surface area contributed by atoms with Crippen LogP contribution in [0.3, 0.4) is 0 Å². The minimum atomic E-state index is -1.12. The molecular formula is C13H14ClNO4. The van der Waals surface area contributed by atoms with E-state index in [1.807, 2.05) is 0 Å². The Bertz CT molecular complexity index is 542. The molecule has 1 aliphatic heterocycles. The van der Waals surface area contributed by atoms with Gasteiger partial charge in [0.1, 0.15) is 6.04 Å². The number of fused-ring (bicyclic) bond motifs is 1. The number of nitrogens with two attached hydrogens (primary N) is 1. The molecule has 5 nitrogen and oxygen atoms in total. The van der Waals surface area contributed by atoms with Crippen molar-refractivity contribution < 1.29 is 19.4 Å². The third kappa shape index (κ3) is 2.24. The van der Waals surface area contributed by atoms with Crippen molar-refractivity contribution in [2.45, 2.75) is 18.9 Å². The minimum Gasteiger partial charge on any atom is -0.489 e. The number of rotatable bonds is 2. The Kier molecular flexibility index (Phi) is 2.83. The molecule has 1 atom stereocenters. The zero-order chi connectivity index (χ0) is 13.6. The molecule has 1 unspecified atom stereocenters. The Labute approximate surface area is 115 Å². The molecule has 3 rings (SSSR count). The largest absolute Gasteiger partial charge is 0.489 e. The van der Waals surface area contributed by atoms with Gasteiger partial charge < -0.3 is 20.3 Å². The van der Waals surface area contributed by atoms with E-state index in [0.717, 1.165) is 12.8 Å². The Morgan fingerprint density at radius 2 is 2.05 bits per heavy atom. The maximum absolute atomic E-state index is 10.9. The fourth-order valence-electron chi connectivity index (χ4n) is 2.12. The van der Waals surface area contributed by atoms with Gasteiger partial charge >= 0.3 is 5.97 Å². The van der Waals surface area contributed by atoms with Crippen LogP contribution in [0.1, 0.15) is 24.4 Å². The van der Waals surface area contributed by atoms with E-state index in [9.17, 15) is 4.79 Å². The third-order valence-corrected chi connectivity index (χ3v) is 3.95. The molecule has 1 saturated carbocycles. The number of hydrogen-bond acceptors (Lipinski definition) is 4. The van der Waals surface area contributed by atoms with Gasteiger partial charge in [0, 0.05) is 5.41 Å². The first-order chi connectivity index (χ1) is 9.01. The van der Waals surface area contributed by atoms with Crippen molar-refractivity contribution in [2.24, 2.45) is 11.1 Å². The first kappa shape index (κ1) is 12.6. The summed E-state index contributed by atoms with van der Waals surface area (Å²) in [6, 6.07) is 2.00. The van der Waals surface area contributed by atoms with E-state index in [0.29, 0.717) is 35.3 Å². The summed E-state index contributed by atoms with van der Waals surface area (Å²) in [7, 11) is 0. The average molecular weight is 284 g/mol. The predicted octanol–water partition coefficient (Wildman–Crippen LogP) is 1.98. The first-order valence-corrected chi connectivity index (χ1v) is 6.46. The fourth-order valence-corrected chi connectivity index (χ4v) is 2.39. The quantitative estimate of drug-likeness (QED) is 0.867. The van der Waals surface area contributed by atoms with Crippen LogP contribution >= 0.6 is 11.6 Å². The van der Waals surface area contributed by atoms with Gasteiger partial charge in [-0.2, -0.15) is 0 Å². The molecule has 1 fully saturated rings. The van der Waals surface area contributed by atoms with Gasteiger partial charge in [-0.25, -0.2) is 0 Å². The summed E-state index contributed by atoms with van der Waals surface area (Å²) < 4.78 is 11.4. The molecule has 6 heteroatoms. The molecule has 1 spiro atoms. The van der Waals surface area contributed by atoms with Gasteiger partial charge in [0.15, 0.2) is 11.5 Å². The van der Waals surface area contributed by atoms with Crippen molar-refractivity contribution >= 4 is 17.6 Å². The molecule has 1 heterocycles. The van der Waals surface area contributed by atoms with Crippen molar-refractivity contribution in [2.75, 3.05) is 13.2 Å². The monoisotopic (exact) mass is 283 g/mol. The molecule has 2 aliphatic rings. The van der Waals surface area contributed by atoms with Crippen molar-refractivity contribution in [1.29, 1.82) is 0 Å². The summed E-state index contributed by atoms with van der Waals surface area (Å²) in [6.07, 6.45) is 2.17. The van der Waals surface area contributed by atoms with Gasteiger partial charge in [0.2, 0.25) is 0 Å². The van der Waals surface area contributed by atoms with E-state index in [2.05, 4.69) is 0 Å². The average Bonchev–Trinajstić information content (AvgIpc) is 3.16. The Balaban J connectivity index is 1.95. The number of ether oxygens (including phenoxy) is 2. The molecule has 0 bridgehead atoms. The minimum absolute atomic E-state index is 0.109. The lowest BCUT2D eigenvalue weighted by molar-refractivity contribution is -0.138. The lowest BCUT2D eigenvalue weighted by Gasteiger charge is -2.13. The van der Waals surface area contributed by atoms with E-state index in [4.69, 9.17) is 31.9 Å². The normalized spacial score (nSPS) is 20.7. The van der Waals surface area contributed by atoms with E-state index in [-0.39, 0.29) is 5.41 Å². The van der Waals surface area contributed by atoms with Crippen molar-refractivity contribution in [3.8, 4) is 11.5 Å². The molecule has 0 saturated heterocycles. The fraction of sp³-hybridized carbons (Fsp3) is 0.462. The molecule has 1 aromatic rings. The molecular weight excluding hydrogens is 270 g/mol. The lowest BCUT2D eigenvalue weighted by Crippen LogP contribution is -2.20. The second-order valence-corrected chi connectivity index (χ2v) is 5.63. The van der Waals surface area contributed by atoms with Gasteiger partial charge in [0.05, 0.1) is 18.2 Å². The number of carboxylic acid groups (broad SMARTS) is 1. The highest BCUT2D eigenvalue weighted by atomic mass is 35.5. The van der Waals surface area contributed by atoms with Crippen LogP contribution in [-0.4, -0.2) is 24.3 Å². The van der Waals surface area contributed by atoms with Crippen molar-refractivity contribution in [3.05, 3.63) is 22.7 Å². The summed E-state index contributed by atoms with van der Waals surface area (Å²) in [5.74, 6) is -0.154. The van der Waals surface area contributed by atoms with E-state index >= 15 is 0 Å². The van der Waals surface area contributed by atoms with Crippen LogP contribution in [0.15, 0.2) is 12.1 Å². The van der Waals surface area contributed by atoms with Gasteiger partial charge in [-0.05, 0) is 30.5 Å². The van der Waals surface area contributed by atoms with Crippen molar-refractivity contribution in [3.63, 3.8) is 0 Å². The van der Waals surface area contributed by atoms with Gasteiger partial charge in [0.25, 0.3) is 0 Å². The van der Waals surface area contributed by atoms with Crippen LogP contribution in [0.4, 0.5) is 0 Å². The van der Waals surface area contributed by atoms with Crippen LogP contribution in [0.5, 0.6) is 11.5 Å². The lowest BCUT2D eigenvalue weighted by atomic mass is 10.1. The van der Waals surface area contributed by atoms with Gasteiger partial charge in [-0.1, -0.05) is 11.6 Å². The van der Waals surface area contributed by atoms with Crippen LogP contribution in [0, 0.1) is 5.41 Å². The van der Waals surface area contributed by atoms with Crippen LogP contribution < -0.4 is 15.2 Å². The number of carbonyl (C=O) groups is 1. The summed E-state index contributed by atoms with van der Waals surface area (Å²) in [5.41, 5.74) is 6.11. The molecule has 1 aromatic carbocycles. The maximum Gasteiger partial charge on any atom is 0.325 e. The predicted molar refractivity (Wildman–Crippen MR) is 68.7 cm³/mol. The number of aliphatic carboxylic acids is 1. The Morgan fingerprint density at radius 3 is 2.68 bits per heavy atom.